The molecule has 21 heavy (non-hydrogen) atoms. The topological polar surface area (TPSA) is 54.3 Å². The van der Waals surface area contributed by atoms with Crippen molar-refractivity contribution in [2.75, 3.05) is 13.1 Å². The van der Waals surface area contributed by atoms with Crippen molar-refractivity contribution in [3.8, 4) is 0 Å². The fraction of sp³-hybridized carbons (Fsp3) is 0.800. The zero-order valence-electron chi connectivity index (χ0n) is 13.2. The molecule has 2 aliphatic rings. The summed E-state index contributed by atoms with van der Waals surface area (Å²) < 4.78 is 2.05. The molecule has 0 bridgehead atoms. The zero-order valence-corrected chi connectivity index (χ0v) is 13.2. The lowest BCUT2D eigenvalue weighted by Gasteiger charge is -2.30. The molecule has 1 amide bonds. The van der Waals surface area contributed by atoms with E-state index in [1.54, 1.807) is 6.92 Å². The lowest BCUT2D eigenvalue weighted by molar-refractivity contribution is -0.130. The first-order chi connectivity index (χ1) is 10.1. The molecule has 0 N–H and O–H groups in total. The molecule has 1 atom stereocenters. The number of amides is 1. The van der Waals surface area contributed by atoms with Gasteiger partial charge in [-0.3, -0.25) is 9.69 Å². The van der Waals surface area contributed by atoms with Crippen molar-refractivity contribution in [3.63, 3.8) is 0 Å². The van der Waals surface area contributed by atoms with Gasteiger partial charge in [0, 0.05) is 32.6 Å². The van der Waals surface area contributed by atoms with Gasteiger partial charge in [0.1, 0.15) is 11.6 Å². The average Bonchev–Trinajstić information content (AvgIpc) is 3.12. The normalized spacial score (nSPS) is 22.7. The van der Waals surface area contributed by atoms with E-state index in [4.69, 9.17) is 0 Å². The van der Waals surface area contributed by atoms with Gasteiger partial charge >= 0.3 is 0 Å². The highest BCUT2D eigenvalue weighted by Gasteiger charge is 2.35. The van der Waals surface area contributed by atoms with Crippen LogP contribution in [0, 0.1) is 6.92 Å². The van der Waals surface area contributed by atoms with Gasteiger partial charge in [-0.15, -0.1) is 10.2 Å². The second kappa shape index (κ2) is 5.75. The van der Waals surface area contributed by atoms with Gasteiger partial charge in [0.2, 0.25) is 5.91 Å². The molecule has 1 unspecified atom stereocenters. The zero-order chi connectivity index (χ0) is 15.0. The van der Waals surface area contributed by atoms with E-state index in [9.17, 15) is 4.79 Å². The predicted molar refractivity (Wildman–Crippen MR) is 79.6 cm³/mol. The Morgan fingerprint density at radius 2 is 2.10 bits per heavy atom. The van der Waals surface area contributed by atoms with Gasteiger partial charge in [-0.25, -0.2) is 0 Å². The summed E-state index contributed by atoms with van der Waals surface area (Å²) in [5.41, 5.74) is 0. The molecule has 0 radical (unpaired) electrons. The Hall–Kier alpha value is -1.43. The predicted octanol–water partition coefficient (Wildman–Crippen LogP) is 1.10. The molecule has 0 aromatic carbocycles. The number of aryl methyl sites for hydroxylation is 1. The van der Waals surface area contributed by atoms with Gasteiger partial charge in [-0.05, 0) is 39.2 Å². The molecule has 1 aliphatic carbocycles. The van der Waals surface area contributed by atoms with Crippen LogP contribution in [0.2, 0.25) is 0 Å². The standard InChI is InChI=1S/C15H25N5O/c1-11-16-17-15(18(11)3)10-19-8-4-5-14(19)9-20(12(2)21)13-6-7-13/h13-14H,4-10H2,1-3H3. The fourth-order valence-electron chi connectivity index (χ4n) is 3.23. The summed E-state index contributed by atoms with van der Waals surface area (Å²) in [6.07, 6.45) is 4.73. The van der Waals surface area contributed by atoms with Crippen molar-refractivity contribution in [1.29, 1.82) is 0 Å². The molecular weight excluding hydrogens is 266 g/mol. The van der Waals surface area contributed by atoms with Crippen LogP contribution >= 0.6 is 0 Å². The molecule has 1 aliphatic heterocycles. The summed E-state index contributed by atoms with van der Waals surface area (Å²) in [7, 11) is 2.02. The second-order valence-electron chi connectivity index (χ2n) is 6.39. The van der Waals surface area contributed by atoms with Gasteiger partial charge in [0.15, 0.2) is 0 Å². The minimum Gasteiger partial charge on any atom is -0.338 e. The smallest absolute Gasteiger partial charge is 0.219 e. The Kier molecular flexibility index (Phi) is 3.97. The van der Waals surface area contributed by atoms with Gasteiger partial charge in [-0.2, -0.15) is 0 Å². The van der Waals surface area contributed by atoms with Crippen LogP contribution in [0.15, 0.2) is 0 Å². The van der Waals surface area contributed by atoms with Crippen molar-refractivity contribution in [1.82, 2.24) is 24.6 Å². The highest BCUT2D eigenvalue weighted by molar-refractivity contribution is 5.74. The molecule has 1 aromatic rings. The Morgan fingerprint density at radius 1 is 1.33 bits per heavy atom. The summed E-state index contributed by atoms with van der Waals surface area (Å²) in [6, 6.07) is 0.966. The molecule has 116 valence electrons. The highest BCUT2D eigenvalue weighted by atomic mass is 16.2. The van der Waals surface area contributed by atoms with E-state index in [-0.39, 0.29) is 5.91 Å². The van der Waals surface area contributed by atoms with E-state index < -0.39 is 0 Å². The Labute approximate surface area is 126 Å². The number of hydrogen-bond donors (Lipinski definition) is 0. The van der Waals surface area contributed by atoms with Crippen LogP contribution in [-0.2, 0) is 18.4 Å². The largest absolute Gasteiger partial charge is 0.338 e. The molecule has 1 saturated heterocycles. The molecule has 6 nitrogen and oxygen atoms in total. The number of likely N-dealkylation sites (tertiary alicyclic amines) is 1. The summed E-state index contributed by atoms with van der Waals surface area (Å²) in [5, 5.41) is 8.40. The SMILES string of the molecule is CC(=O)N(CC1CCCN1Cc1nnc(C)n1C)C1CC1. The maximum Gasteiger partial charge on any atom is 0.219 e. The molecule has 1 aromatic heterocycles. The Morgan fingerprint density at radius 3 is 2.67 bits per heavy atom. The van der Waals surface area contributed by atoms with Gasteiger partial charge in [-0.1, -0.05) is 0 Å². The van der Waals surface area contributed by atoms with Crippen LogP contribution in [0.3, 0.4) is 0 Å². The summed E-state index contributed by atoms with van der Waals surface area (Å²) in [5.74, 6) is 2.18. The van der Waals surface area contributed by atoms with Crippen LogP contribution in [0.5, 0.6) is 0 Å². The third-order valence-corrected chi connectivity index (χ3v) is 4.83. The van der Waals surface area contributed by atoms with Crippen molar-refractivity contribution in [2.45, 2.75) is 58.2 Å². The Balaban J connectivity index is 1.65. The van der Waals surface area contributed by atoms with Crippen molar-refractivity contribution < 1.29 is 4.79 Å². The first kappa shape index (κ1) is 14.5. The van der Waals surface area contributed by atoms with Crippen LogP contribution in [0.25, 0.3) is 0 Å². The van der Waals surface area contributed by atoms with Crippen LogP contribution < -0.4 is 0 Å². The molecular formula is C15H25N5O. The summed E-state index contributed by atoms with van der Waals surface area (Å²) in [6.45, 7) is 6.47. The van der Waals surface area contributed by atoms with E-state index in [2.05, 4.69) is 24.6 Å². The number of rotatable bonds is 5. The van der Waals surface area contributed by atoms with Gasteiger partial charge < -0.3 is 9.47 Å². The molecule has 1 saturated carbocycles. The van der Waals surface area contributed by atoms with Crippen LogP contribution in [0.1, 0.15) is 44.3 Å². The number of nitrogens with zero attached hydrogens (tertiary/aromatic N) is 5. The average molecular weight is 291 g/mol. The van der Waals surface area contributed by atoms with Crippen LogP contribution in [-0.4, -0.2) is 55.6 Å². The van der Waals surface area contributed by atoms with Crippen molar-refractivity contribution >= 4 is 5.91 Å². The van der Waals surface area contributed by atoms with E-state index >= 15 is 0 Å². The molecule has 0 spiro atoms. The van der Waals surface area contributed by atoms with E-state index in [0.29, 0.717) is 12.1 Å². The number of hydrogen-bond acceptors (Lipinski definition) is 4. The molecule has 2 heterocycles. The Bertz CT molecular complexity index is 522. The third kappa shape index (κ3) is 3.10. The summed E-state index contributed by atoms with van der Waals surface area (Å²) >= 11 is 0. The lowest BCUT2D eigenvalue weighted by Crippen LogP contribution is -2.43. The number of aromatic nitrogens is 3. The highest BCUT2D eigenvalue weighted by Crippen LogP contribution is 2.29. The van der Waals surface area contributed by atoms with E-state index in [1.807, 2.05) is 14.0 Å². The number of carbonyl (C=O) groups excluding carboxylic acids is 1. The number of carbonyl (C=O) groups is 1. The maximum atomic E-state index is 11.8. The van der Waals surface area contributed by atoms with E-state index in [1.165, 1.54) is 25.7 Å². The summed E-state index contributed by atoms with van der Waals surface area (Å²) in [4.78, 5) is 16.4. The van der Waals surface area contributed by atoms with Gasteiger partial charge in [0.05, 0.1) is 6.54 Å². The molecule has 6 heteroatoms. The minimum absolute atomic E-state index is 0.221. The first-order valence-electron chi connectivity index (χ1n) is 7.92. The first-order valence-corrected chi connectivity index (χ1v) is 7.92. The fourth-order valence-corrected chi connectivity index (χ4v) is 3.23. The van der Waals surface area contributed by atoms with Gasteiger partial charge in [0.25, 0.3) is 0 Å². The molecule has 2 fully saturated rings. The lowest BCUT2D eigenvalue weighted by atomic mass is 10.2. The molecule has 3 rings (SSSR count). The second-order valence-corrected chi connectivity index (χ2v) is 6.39. The monoisotopic (exact) mass is 291 g/mol. The van der Waals surface area contributed by atoms with E-state index in [0.717, 1.165) is 31.3 Å². The minimum atomic E-state index is 0.221. The maximum absolute atomic E-state index is 11.8. The van der Waals surface area contributed by atoms with Crippen molar-refractivity contribution in [3.05, 3.63) is 11.6 Å². The van der Waals surface area contributed by atoms with Crippen molar-refractivity contribution in [2.24, 2.45) is 7.05 Å². The quantitative estimate of drug-likeness (QED) is 0.815. The van der Waals surface area contributed by atoms with Crippen LogP contribution in [0.4, 0.5) is 0 Å². The third-order valence-electron chi connectivity index (χ3n) is 4.83.